The van der Waals surface area contributed by atoms with Crippen molar-refractivity contribution in [2.24, 2.45) is 0 Å². The highest BCUT2D eigenvalue weighted by molar-refractivity contribution is 6.09. The molecule has 1 saturated heterocycles. The van der Waals surface area contributed by atoms with Gasteiger partial charge in [0.1, 0.15) is 5.78 Å². The third-order valence-corrected chi connectivity index (χ3v) is 8.17. The van der Waals surface area contributed by atoms with Gasteiger partial charge in [-0.15, -0.1) is 0 Å². The first-order chi connectivity index (χ1) is 17.4. The number of hydrogen-bond acceptors (Lipinski definition) is 6. The van der Waals surface area contributed by atoms with Crippen molar-refractivity contribution in [3.63, 3.8) is 0 Å². The number of aliphatic hydroxyl groups excluding tert-OH is 1. The summed E-state index contributed by atoms with van der Waals surface area (Å²) in [5, 5.41) is 27.8. The molecule has 3 atom stereocenters. The molecule has 0 aromatic heterocycles. The van der Waals surface area contributed by atoms with Gasteiger partial charge < -0.3 is 20.4 Å². The lowest BCUT2D eigenvalue weighted by atomic mass is 9.90. The Balaban J connectivity index is 1.24. The second kappa shape index (κ2) is 8.78. The molecular weight excluding hydrogens is 454 g/mol. The van der Waals surface area contributed by atoms with E-state index in [0.29, 0.717) is 11.3 Å². The van der Waals surface area contributed by atoms with Crippen LogP contribution in [0.1, 0.15) is 48.1 Å². The fraction of sp³-hybridized carbons (Fsp3) is 0.379. The number of nitrogens with zero attached hydrogens (tertiary/aromatic N) is 2. The number of rotatable bonds is 6. The first kappa shape index (κ1) is 23.3. The van der Waals surface area contributed by atoms with Crippen LogP contribution in [0, 0.1) is 0 Å². The number of hydrogen-bond donors (Lipinski definition) is 3. The Morgan fingerprint density at radius 3 is 2.44 bits per heavy atom. The lowest BCUT2D eigenvalue weighted by Gasteiger charge is -2.41. The molecule has 2 aliphatic heterocycles. The van der Waals surface area contributed by atoms with Crippen molar-refractivity contribution >= 4 is 28.2 Å². The van der Waals surface area contributed by atoms with Gasteiger partial charge in [0.25, 0.3) is 5.91 Å². The minimum Gasteiger partial charge on any atom is -0.386 e. The lowest BCUT2D eigenvalue weighted by Crippen LogP contribution is -2.51. The topological polar surface area (TPSA) is 93.1 Å². The SMILES string of the molecule is CNCC(=O)C[C@@]1(O)C(=O)N(C2CCN([C@@H]3c4cccc5cccc(c45)[C@H]3O)CC2)c2ccccc21. The first-order valence-electron chi connectivity index (χ1n) is 12.7. The second-order valence-corrected chi connectivity index (χ2v) is 10.2. The zero-order valence-electron chi connectivity index (χ0n) is 20.4. The van der Waals surface area contributed by atoms with Gasteiger partial charge in [-0.05, 0) is 47.9 Å². The Labute approximate surface area is 210 Å². The summed E-state index contributed by atoms with van der Waals surface area (Å²) in [5.41, 5.74) is 1.51. The van der Waals surface area contributed by atoms with E-state index in [9.17, 15) is 19.8 Å². The third-order valence-electron chi connectivity index (χ3n) is 8.17. The maximum Gasteiger partial charge on any atom is 0.264 e. The Hall–Kier alpha value is -3.10. The van der Waals surface area contributed by atoms with E-state index in [1.54, 1.807) is 24.1 Å². The summed E-state index contributed by atoms with van der Waals surface area (Å²) >= 11 is 0. The van der Waals surface area contributed by atoms with E-state index in [0.717, 1.165) is 47.8 Å². The standard InChI is InChI=1S/C29H31N3O4/c1-30-17-20(33)16-29(36)23-10-2-3-11-24(23)32(28(29)35)19-12-14-31(15-13-19)26-21-8-4-6-18-7-5-9-22(25(18)21)27(26)34/h2-11,19,26-27,30,34,36H,12-17H2,1H3/t26-,27-,29+/m1/s1. The number of para-hydroxylation sites is 1. The quantitative estimate of drug-likeness (QED) is 0.497. The molecule has 7 heteroatoms. The summed E-state index contributed by atoms with van der Waals surface area (Å²) in [4.78, 5) is 30.1. The molecule has 0 bridgehead atoms. The molecule has 6 rings (SSSR count). The molecule has 0 spiro atoms. The van der Waals surface area contributed by atoms with Gasteiger partial charge in [-0.2, -0.15) is 0 Å². The van der Waals surface area contributed by atoms with Gasteiger partial charge in [0.15, 0.2) is 5.60 Å². The van der Waals surface area contributed by atoms with E-state index in [-0.39, 0.29) is 30.8 Å². The fourth-order valence-corrected chi connectivity index (χ4v) is 6.59. The van der Waals surface area contributed by atoms with Crippen LogP contribution in [0.25, 0.3) is 10.8 Å². The van der Waals surface area contributed by atoms with Crippen LogP contribution in [-0.2, 0) is 15.2 Å². The molecule has 3 N–H and O–H groups in total. The summed E-state index contributed by atoms with van der Waals surface area (Å²) < 4.78 is 0. The molecule has 3 aromatic carbocycles. The largest absolute Gasteiger partial charge is 0.386 e. The predicted molar refractivity (Wildman–Crippen MR) is 138 cm³/mol. The smallest absolute Gasteiger partial charge is 0.264 e. The number of likely N-dealkylation sites (N-methyl/N-ethyl adjacent to an activating group) is 1. The zero-order valence-corrected chi connectivity index (χ0v) is 20.4. The average Bonchev–Trinajstić information content (AvgIpc) is 3.29. The van der Waals surface area contributed by atoms with E-state index < -0.39 is 17.6 Å². The summed E-state index contributed by atoms with van der Waals surface area (Å²) in [5.74, 6) is -0.617. The molecule has 1 fully saturated rings. The number of ketones is 1. The maximum absolute atomic E-state index is 13.6. The van der Waals surface area contributed by atoms with Gasteiger partial charge in [0, 0.05) is 31.1 Å². The van der Waals surface area contributed by atoms with Crippen molar-refractivity contribution in [2.45, 2.75) is 43.1 Å². The molecule has 1 amide bonds. The van der Waals surface area contributed by atoms with Crippen molar-refractivity contribution in [1.29, 1.82) is 0 Å². The number of piperidine rings is 1. The number of benzene rings is 3. The van der Waals surface area contributed by atoms with Crippen LogP contribution in [0.3, 0.4) is 0 Å². The molecule has 3 aliphatic rings. The summed E-state index contributed by atoms with van der Waals surface area (Å²) in [6.45, 7) is 1.55. The molecular formula is C29H31N3O4. The van der Waals surface area contributed by atoms with Gasteiger partial charge in [-0.3, -0.25) is 14.5 Å². The molecule has 1 aliphatic carbocycles. The van der Waals surface area contributed by atoms with E-state index in [1.165, 1.54) is 0 Å². The summed E-state index contributed by atoms with van der Waals surface area (Å²) in [7, 11) is 1.67. The highest BCUT2D eigenvalue weighted by Gasteiger charge is 2.53. The minimum atomic E-state index is -1.83. The Bertz CT molecular complexity index is 1340. The lowest BCUT2D eigenvalue weighted by molar-refractivity contribution is -0.142. The molecule has 3 aromatic rings. The minimum absolute atomic E-state index is 0.0833. The molecule has 0 saturated carbocycles. The monoisotopic (exact) mass is 485 g/mol. The van der Waals surface area contributed by atoms with Crippen molar-refractivity contribution < 1.29 is 19.8 Å². The molecule has 7 nitrogen and oxygen atoms in total. The average molecular weight is 486 g/mol. The van der Waals surface area contributed by atoms with E-state index >= 15 is 0 Å². The van der Waals surface area contributed by atoms with Crippen LogP contribution in [0.5, 0.6) is 0 Å². The zero-order chi connectivity index (χ0) is 25.0. The highest BCUT2D eigenvalue weighted by atomic mass is 16.3. The van der Waals surface area contributed by atoms with E-state index in [4.69, 9.17) is 0 Å². The number of aliphatic hydroxyl groups is 2. The fourth-order valence-electron chi connectivity index (χ4n) is 6.59. The molecule has 0 radical (unpaired) electrons. The van der Waals surface area contributed by atoms with Crippen molar-refractivity contribution in [3.8, 4) is 0 Å². The third kappa shape index (κ3) is 3.42. The van der Waals surface area contributed by atoms with Crippen molar-refractivity contribution in [3.05, 3.63) is 77.4 Å². The van der Waals surface area contributed by atoms with Crippen LogP contribution in [0.4, 0.5) is 5.69 Å². The number of Topliss-reactive ketones (excluding diaryl/α,β-unsaturated/α-hetero) is 1. The predicted octanol–water partition coefficient (Wildman–Crippen LogP) is 2.81. The number of likely N-dealkylation sites (tertiary alicyclic amines) is 1. The van der Waals surface area contributed by atoms with Crippen LogP contribution in [0.15, 0.2) is 60.7 Å². The highest BCUT2D eigenvalue weighted by Crippen LogP contribution is 2.49. The van der Waals surface area contributed by atoms with Crippen molar-refractivity contribution in [1.82, 2.24) is 10.2 Å². The van der Waals surface area contributed by atoms with Crippen LogP contribution in [-0.4, -0.2) is 59.5 Å². The summed E-state index contributed by atoms with van der Waals surface area (Å²) in [6.07, 6.45) is 0.613. The normalized spacial score (nSPS) is 26.1. The molecule has 0 unspecified atom stereocenters. The van der Waals surface area contributed by atoms with E-state index in [1.807, 2.05) is 24.3 Å². The number of nitrogens with one attached hydrogen (secondary N) is 1. The van der Waals surface area contributed by atoms with Gasteiger partial charge >= 0.3 is 0 Å². The van der Waals surface area contributed by atoms with Crippen LogP contribution in [0.2, 0.25) is 0 Å². The van der Waals surface area contributed by atoms with Gasteiger partial charge in [0.2, 0.25) is 0 Å². The molecule has 36 heavy (non-hydrogen) atoms. The Morgan fingerprint density at radius 2 is 1.72 bits per heavy atom. The van der Waals surface area contributed by atoms with Gasteiger partial charge in [-0.1, -0.05) is 54.6 Å². The molecule has 186 valence electrons. The Morgan fingerprint density at radius 1 is 1.03 bits per heavy atom. The van der Waals surface area contributed by atoms with Crippen LogP contribution < -0.4 is 10.2 Å². The van der Waals surface area contributed by atoms with Gasteiger partial charge in [-0.25, -0.2) is 0 Å². The number of carbonyl (C=O) groups is 2. The van der Waals surface area contributed by atoms with Crippen LogP contribution >= 0.6 is 0 Å². The number of fused-ring (bicyclic) bond motifs is 1. The van der Waals surface area contributed by atoms with E-state index in [2.05, 4.69) is 34.5 Å². The first-order valence-corrected chi connectivity index (χ1v) is 12.7. The van der Waals surface area contributed by atoms with Crippen molar-refractivity contribution in [2.75, 3.05) is 31.6 Å². The second-order valence-electron chi connectivity index (χ2n) is 10.2. The number of anilines is 1. The number of carbonyl (C=O) groups excluding carboxylic acids is 2. The van der Waals surface area contributed by atoms with Gasteiger partial charge in [0.05, 0.1) is 24.4 Å². The number of amides is 1. The Kier molecular flexibility index (Phi) is 5.68. The summed E-state index contributed by atoms with van der Waals surface area (Å²) in [6, 6.07) is 19.4. The molecule has 2 heterocycles. The maximum atomic E-state index is 13.6.